The molecule has 1 saturated heterocycles. The molecule has 0 unspecified atom stereocenters. The zero-order valence-corrected chi connectivity index (χ0v) is 8.01. The van der Waals surface area contributed by atoms with Gasteiger partial charge in [0, 0.05) is 19.3 Å². The van der Waals surface area contributed by atoms with Gasteiger partial charge in [0.1, 0.15) is 0 Å². The van der Waals surface area contributed by atoms with Gasteiger partial charge in [0.05, 0.1) is 0 Å². The van der Waals surface area contributed by atoms with E-state index in [1.165, 1.54) is 24.1 Å². The lowest BCUT2D eigenvalue weighted by atomic mass is 10.0. The zero-order valence-electron chi connectivity index (χ0n) is 8.01. The van der Waals surface area contributed by atoms with Crippen LogP contribution in [0.1, 0.15) is 19.8 Å². The smallest absolute Gasteiger partial charge is 0.0392 e. The maximum Gasteiger partial charge on any atom is 0.0392 e. The summed E-state index contributed by atoms with van der Waals surface area (Å²) >= 11 is 0. The fourth-order valence-corrected chi connectivity index (χ4v) is 1.64. The Kier molecular flexibility index (Phi) is 3.15. The Morgan fingerprint density at radius 1 is 1.50 bits per heavy atom. The highest BCUT2D eigenvalue weighted by molar-refractivity contribution is 5.33. The van der Waals surface area contributed by atoms with Crippen molar-refractivity contribution in [1.82, 2.24) is 4.90 Å². The Bertz CT molecular complexity index is 223. The molecule has 0 atom stereocenters. The molecule has 1 heteroatoms. The molecule has 0 bridgehead atoms. The maximum absolute atomic E-state index is 3.73. The molecule has 0 aromatic rings. The van der Waals surface area contributed by atoms with Crippen molar-refractivity contribution in [2.24, 2.45) is 0 Å². The van der Waals surface area contributed by atoms with Gasteiger partial charge in [-0.1, -0.05) is 18.7 Å². The van der Waals surface area contributed by atoms with Gasteiger partial charge in [0.2, 0.25) is 0 Å². The van der Waals surface area contributed by atoms with E-state index in [0.29, 0.717) is 0 Å². The average molecular weight is 163 g/mol. The first-order chi connectivity index (χ1) is 5.79. The molecular weight excluding hydrogens is 146 g/mol. The molecule has 1 aliphatic heterocycles. The maximum atomic E-state index is 3.73. The zero-order chi connectivity index (χ0) is 8.97. The van der Waals surface area contributed by atoms with Crippen LogP contribution in [0.3, 0.4) is 0 Å². The van der Waals surface area contributed by atoms with Crippen molar-refractivity contribution in [1.29, 1.82) is 0 Å². The molecule has 0 saturated carbocycles. The van der Waals surface area contributed by atoms with Crippen LogP contribution in [0, 0.1) is 0 Å². The molecule has 1 aliphatic rings. The minimum Gasteiger partial charge on any atom is -0.374 e. The molecule has 0 radical (unpaired) electrons. The number of hydrogen-bond acceptors (Lipinski definition) is 1. The van der Waals surface area contributed by atoms with Crippen LogP contribution in [-0.2, 0) is 0 Å². The molecule has 1 rings (SSSR count). The fraction of sp³-hybridized carbons (Fsp3) is 0.455. The molecule has 1 heterocycles. The van der Waals surface area contributed by atoms with Crippen molar-refractivity contribution >= 4 is 0 Å². The standard InChI is InChI=1S/C11H17N/c1-4-7-11-10(5-2)8-6-9-12(11)3/h4-5,7H,1,6,8-9H2,2-3H3/b10-5-,11-7+. The van der Waals surface area contributed by atoms with Crippen LogP contribution in [0.15, 0.2) is 36.1 Å². The Morgan fingerprint density at radius 2 is 2.25 bits per heavy atom. The van der Waals surface area contributed by atoms with Gasteiger partial charge in [0.15, 0.2) is 0 Å². The predicted molar refractivity (Wildman–Crippen MR) is 53.9 cm³/mol. The molecule has 1 nitrogen and oxygen atoms in total. The van der Waals surface area contributed by atoms with Crippen LogP contribution in [0.25, 0.3) is 0 Å². The molecular formula is C11H17N. The van der Waals surface area contributed by atoms with Gasteiger partial charge in [-0.25, -0.2) is 0 Å². The Balaban J connectivity index is 2.87. The number of nitrogens with zero attached hydrogens (tertiary/aromatic N) is 1. The van der Waals surface area contributed by atoms with Gasteiger partial charge in [-0.2, -0.15) is 0 Å². The van der Waals surface area contributed by atoms with Crippen molar-refractivity contribution in [3.63, 3.8) is 0 Å². The van der Waals surface area contributed by atoms with Gasteiger partial charge in [-0.3, -0.25) is 0 Å². The second kappa shape index (κ2) is 4.15. The molecule has 66 valence electrons. The third-order valence-corrected chi connectivity index (χ3v) is 2.30. The number of likely N-dealkylation sites (N-methyl/N-ethyl adjacent to an activating group) is 1. The third-order valence-electron chi connectivity index (χ3n) is 2.30. The summed E-state index contributed by atoms with van der Waals surface area (Å²) in [6.45, 7) is 6.99. The monoisotopic (exact) mass is 163 g/mol. The Labute approximate surface area is 75.1 Å². The first-order valence-electron chi connectivity index (χ1n) is 4.49. The molecule has 1 fully saturated rings. The van der Waals surface area contributed by atoms with Gasteiger partial charge in [-0.15, -0.1) is 0 Å². The van der Waals surface area contributed by atoms with Crippen molar-refractivity contribution in [2.45, 2.75) is 19.8 Å². The molecule has 0 amide bonds. The fourth-order valence-electron chi connectivity index (χ4n) is 1.64. The normalized spacial score (nSPS) is 25.0. The molecule has 0 spiro atoms. The quantitative estimate of drug-likeness (QED) is 0.574. The number of hydrogen-bond donors (Lipinski definition) is 0. The second-order valence-corrected chi connectivity index (χ2v) is 3.13. The first-order valence-corrected chi connectivity index (χ1v) is 4.49. The van der Waals surface area contributed by atoms with Crippen LogP contribution in [0.2, 0.25) is 0 Å². The van der Waals surface area contributed by atoms with Crippen molar-refractivity contribution < 1.29 is 0 Å². The largest absolute Gasteiger partial charge is 0.374 e. The summed E-state index contributed by atoms with van der Waals surface area (Å²) in [6.07, 6.45) is 8.63. The number of piperidine rings is 1. The topological polar surface area (TPSA) is 3.24 Å². The van der Waals surface area contributed by atoms with E-state index in [2.05, 4.69) is 37.6 Å². The summed E-state index contributed by atoms with van der Waals surface area (Å²) in [4.78, 5) is 2.29. The molecule has 12 heavy (non-hydrogen) atoms. The van der Waals surface area contributed by atoms with Gasteiger partial charge < -0.3 is 4.90 Å². The van der Waals surface area contributed by atoms with E-state index in [9.17, 15) is 0 Å². The summed E-state index contributed by atoms with van der Waals surface area (Å²) in [5.74, 6) is 0. The molecule has 0 aromatic carbocycles. The van der Waals surface area contributed by atoms with E-state index >= 15 is 0 Å². The van der Waals surface area contributed by atoms with E-state index in [0.717, 1.165) is 6.54 Å². The van der Waals surface area contributed by atoms with E-state index in [1.807, 2.05) is 6.08 Å². The van der Waals surface area contributed by atoms with Gasteiger partial charge in [0.25, 0.3) is 0 Å². The summed E-state index contributed by atoms with van der Waals surface area (Å²) in [5, 5.41) is 0. The van der Waals surface area contributed by atoms with E-state index in [1.54, 1.807) is 0 Å². The predicted octanol–water partition coefficient (Wildman–Crippen LogP) is 2.73. The highest BCUT2D eigenvalue weighted by atomic mass is 15.1. The van der Waals surface area contributed by atoms with Gasteiger partial charge in [-0.05, 0) is 31.4 Å². The summed E-state index contributed by atoms with van der Waals surface area (Å²) in [7, 11) is 2.14. The summed E-state index contributed by atoms with van der Waals surface area (Å²) in [5.41, 5.74) is 2.78. The molecule has 0 aliphatic carbocycles. The van der Waals surface area contributed by atoms with Crippen LogP contribution in [-0.4, -0.2) is 18.5 Å². The minimum atomic E-state index is 1.16. The third kappa shape index (κ3) is 1.79. The van der Waals surface area contributed by atoms with E-state index < -0.39 is 0 Å². The van der Waals surface area contributed by atoms with Crippen molar-refractivity contribution in [3.05, 3.63) is 36.1 Å². The highest BCUT2D eigenvalue weighted by Crippen LogP contribution is 2.24. The number of allylic oxidation sites excluding steroid dienone is 4. The SMILES string of the molecule is C=C/C=C1\C(=C/C)CCCN1C. The van der Waals surface area contributed by atoms with Gasteiger partial charge >= 0.3 is 0 Å². The number of likely N-dealkylation sites (tertiary alicyclic amines) is 1. The highest BCUT2D eigenvalue weighted by Gasteiger charge is 2.13. The summed E-state index contributed by atoms with van der Waals surface area (Å²) < 4.78 is 0. The van der Waals surface area contributed by atoms with E-state index in [4.69, 9.17) is 0 Å². The summed E-state index contributed by atoms with van der Waals surface area (Å²) in [6, 6.07) is 0. The van der Waals surface area contributed by atoms with E-state index in [-0.39, 0.29) is 0 Å². The molecule has 0 aromatic heterocycles. The second-order valence-electron chi connectivity index (χ2n) is 3.13. The van der Waals surface area contributed by atoms with Crippen LogP contribution in [0.5, 0.6) is 0 Å². The Morgan fingerprint density at radius 3 is 2.83 bits per heavy atom. The van der Waals surface area contributed by atoms with Crippen LogP contribution in [0.4, 0.5) is 0 Å². The van der Waals surface area contributed by atoms with Crippen LogP contribution < -0.4 is 0 Å². The lowest BCUT2D eigenvalue weighted by Gasteiger charge is -2.29. The minimum absolute atomic E-state index is 1.16. The van der Waals surface area contributed by atoms with Crippen LogP contribution >= 0.6 is 0 Å². The number of rotatable bonds is 1. The first kappa shape index (κ1) is 9.11. The molecule has 0 N–H and O–H groups in total. The van der Waals surface area contributed by atoms with Crippen molar-refractivity contribution in [3.8, 4) is 0 Å². The Hall–Kier alpha value is -0.980. The lowest BCUT2D eigenvalue weighted by molar-refractivity contribution is 0.384. The average Bonchev–Trinajstić information content (AvgIpc) is 2.09. The lowest BCUT2D eigenvalue weighted by Crippen LogP contribution is -2.24. The van der Waals surface area contributed by atoms with Crippen molar-refractivity contribution in [2.75, 3.05) is 13.6 Å².